The number of nitrogens with one attached hydrogen (secondary N) is 1. The number of aliphatic hydroxyl groups is 1. The molecule has 1 fully saturated rings. The Morgan fingerprint density at radius 2 is 2.00 bits per heavy atom. The average molecular weight is 288 g/mol. The van der Waals surface area contributed by atoms with Gasteiger partial charge in [0.15, 0.2) is 0 Å². The van der Waals surface area contributed by atoms with Gasteiger partial charge in [-0.1, -0.05) is 12.1 Å². The van der Waals surface area contributed by atoms with Gasteiger partial charge in [-0.05, 0) is 36.6 Å². The molecule has 2 rings (SSSR count). The number of hydrogen-bond acceptors (Lipinski definition) is 3. The van der Waals surface area contributed by atoms with Gasteiger partial charge < -0.3 is 15.3 Å². The van der Waals surface area contributed by atoms with Crippen LogP contribution in [0.15, 0.2) is 30.3 Å². The summed E-state index contributed by atoms with van der Waals surface area (Å²) in [6.45, 7) is 0.361. The van der Waals surface area contributed by atoms with Gasteiger partial charge in [0, 0.05) is 31.3 Å². The summed E-state index contributed by atoms with van der Waals surface area (Å²) in [6, 6.07) is 7.30. The summed E-state index contributed by atoms with van der Waals surface area (Å²) in [5, 5.41) is 11.6. The van der Waals surface area contributed by atoms with Crippen LogP contribution in [0.25, 0.3) is 6.08 Å². The molecule has 1 aromatic rings. The fraction of sp³-hybridized carbons (Fsp3) is 0.375. The lowest BCUT2D eigenvalue weighted by Crippen LogP contribution is -2.34. The van der Waals surface area contributed by atoms with Gasteiger partial charge in [-0.25, -0.2) is 0 Å². The van der Waals surface area contributed by atoms with Crippen molar-refractivity contribution in [3.05, 3.63) is 41.5 Å². The summed E-state index contributed by atoms with van der Waals surface area (Å²) < 4.78 is 0. The Balaban J connectivity index is 1.99. The first kappa shape index (κ1) is 15.3. The van der Waals surface area contributed by atoms with Crippen LogP contribution in [0.3, 0.4) is 0 Å². The third kappa shape index (κ3) is 4.16. The smallest absolute Gasteiger partial charge is 0.251 e. The Morgan fingerprint density at radius 3 is 2.52 bits per heavy atom. The highest BCUT2D eigenvalue weighted by Gasteiger charge is 2.30. The lowest BCUT2D eigenvalue weighted by molar-refractivity contribution is -0.127. The number of carbonyl (C=O) groups is 2. The largest absolute Gasteiger partial charge is 0.395 e. The fourth-order valence-corrected chi connectivity index (χ4v) is 2.12. The number of rotatable bonds is 6. The standard InChI is InChI=1S/C16H20N2O3/c1-17-16(21)13-5-2-12(3-6-13)4-9-15(20)18(10-11-19)14-7-8-14/h2-6,9,14,19H,7-8,10-11H2,1H3,(H,17,21)/b9-4+. The second-order valence-electron chi connectivity index (χ2n) is 5.02. The van der Waals surface area contributed by atoms with Crippen LogP contribution in [0, 0.1) is 0 Å². The van der Waals surface area contributed by atoms with Crippen molar-refractivity contribution >= 4 is 17.9 Å². The van der Waals surface area contributed by atoms with E-state index in [1.807, 2.05) is 0 Å². The summed E-state index contributed by atoms with van der Waals surface area (Å²) in [4.78, 5) is 25.2. The van der Waals surface area contributed by atoms with E-state index in [0.717, 1.165) is 18.4 Å². The molecule has 1 aliphatic rings. The second kappa shape index (κ2) is 7.04. The van der Waals surface area contributed by atoms with Crippen molar-refractivity contribution in [2.24, 2.45) is 0 Å². The van der Waals surface area contributed by atoms with Crippen LogP contribution < -0.4 is 5.32 Å². The average Bonchev–Trinajstić information content (AvgIpc) is 3.34. The Kier molecular flexibility index (Phi) is 5.11. The molecule has 0 atom stereocenters. The Bertz CT molecular complexity index is 533. The molecule has 0 radical (unpaired) electrons. The molecule has 0 bridgehead atoms. The third-order valence-corrected chi connectivity index (χ3v) is 3.43. The topological polar surface area (TPSA) is 69.6 Å². The molecule has 2 amide bonds. The molecular weight excluding hydrogens is 268 g/mol. The highest BCUT2D eigenvalue weighted by atomic mass is 16.3. The van der Waals surface area contributed by atoms with E-state index < -0.39 is 0 Å². The van der Waals surface area contributed by atoms with E-state index in [2.05, 4.69) is 5.32 Å². The van der Waals surface area contributed by atoms with E-state index >= 15 is 0 Å². The molecule has 5 heteroatoms. The van der Waals surface area contributed by atoms with Crippen molar-refractivity contribution < 1.29 is 14.7 Å². The zero-order valence-corrected chi connectivity index (χ0v) is 12.1. The van der Waals surface area contributed by atoms with E-state index in [4.69, 9.17) is 5.11 Å². The maximum absolute atomic E-state index is 12.1. The predicted octanol–water partition coefficient (Wildman–Crippen LogP) is 1.04. The SMILES string of the molecule is CNC(=O)c1ccc(/C=C/C(=O)N(CCO)C2CC2)cc1. The summed E-state index contributed by atoms with van der Waals surface area (Å²) in [6.07, 6.45) is 5.27. The molecule has 0 aliphatic heterocycles. The zero-order valence-electron chi connectivity index (χ0n) is 12.1. The van der Waals surface area contributed by atoms with Crippen LogP contribution in [-0.4, -0.2) is 48.1 Å². The minimum Gasteiger partial charge on any atom is -0.395 e. The lowest BCUT2D eigenvalue weighted by Gasteiger charge is -2.19. The van der Waals surface area contributed by atoms with Gasteiger partial charge in [-0.3, -0.25) is 9.59 Å². The van der Waals surface area contributed by atoms with Crippen LogP contribution in [0.2, 0.25) is 0 Å². The summed E-state index contributed by atoms with van der Waals surface area (Å²) in [5.74, 6) is -0.216. The van der Waals surface area contributed by atoms with Gasteiger partial charge in [-0.2, -0.15) is 0 Å². The number of amides is 2. The minimum absolute atomic E-state index is 0.0170. The molecule has 1 aliphatic carbocycles. The first-order valence-electron chi connectivity index (χ1n) is 7.07. The normalized spacial score (nSPS) is 14.2. The van der Waals surface area contributed by atoms with Crippen molar-refractivity contribution in [2.45, 2.75) is 18.9 Å². The Labute approximate surface area is 124 Å². The van der Waals surface area contributed by atoms with Gasteiger partial charge >= 0.3 is 0 Å². The molecule has 0 spiro atoms. The fourth-order valence-electron chi connectivity index (χ4n) is 2.12. The van der Waals surface area contributed by atoms with E-state index in [9.17, 15) is 9.59 Å². The minimum atomic E-state index is -0.135. The third-order valence-electron chi connectivity index (χ3n) is 3.43. The van der Waals surface area contributed by atoms with Crippen molar-refractivity contribution in [3.63, 3.8) is 0 Å². The Hall–Kier alpha value is -2.14. The maximum atomic E-state index is 12.1. The van der Waals surface area contributed by atoms with Gasteiger partial charge in [0.1, 0.15) is 0 Å². The van der Waals surface area contributed by atoms with Crippen LogP contribution in [0.5, 0.6) is 0 Å². The van der Waals surface area contributed by atoms with Crippen molar-refractivity contribution in [1.82, 2.24) is 10.2 Å². The van der Waals surface area contributed by atoms with Crippen LogP contribution in [0.4, 0.5) is 0 Å². The molecule has 1 saturated carbocycles. The van der Waals surface area contributed by atoms with Gasteiger partial charge in [-0.15, -0.1) is 0 Å². The molecule has 0 aromatic heterocycles. The molecule has 2 N–H and O–H groups in total. The summed E-state index contributed by atoms with van der Waals surface area (Å²) in [7, 11) is 1.59. The van der Waals surface area contributed by atoms with Gasteiger partial charge in [0.05, 0.1) is 6.61 Å². The van der Waals surface area contributed by atoms with Crippen molar-refractivity contribution in [2.75, 3.05) is 20.2 Å². The lowest BCUT2D eigenvalue weighted by atomic mass is 10.1. The maximum Gasteiger partial charge on any atom is 0.251 e. The highest BCUT2D eigenvalue weighted by molar-refractivity contribution is 5.95. The van der Waals surface area contributed by atoms with Crippen LogP contribution >= 0.6 is 0 Å². The molecule has 0 unspecified atom stereocenters. The molecular formula is C16H20N2O3. The zero-order chi connectivity index (χ0) is 15.2. The second-order valence-corrected chi connectivity index (χ2v) is 5.02. The Morgan fingerprint density at radius 1 is 1.33 bits per heavy atom. The number of aliphatic hydroxyl groups excluding tert-OH is 1. The number of nitrogens with zero attached hydrogens (tertiary/aromatic N) is 1. The quantitative estimate of drug-likeness (QED) is 0.769. The number of benzene rings is 1. The van der Waals surface area contributed by atoms with E-state index in [0.29, 0.717) is 12.1 Å². The summed E-state index contributed by atoms with van der Waals surface area (Å²) in [5.41, 5.74) is 1.44. The first-order chi connectivity index (χ1) is 10.2. The molecule has 21 heavy (non-hydrogen) atoms. The van der Waals surface area contributed by atoms with Crippen molar-refractivity contribution in [1.29, 1.82) is 0 Å². The molecule has 112 valence electrons. The highest BCUT2D eigenvalue weighted by Crippen LogP contribution is 2.26. The first-order valence-corrected chi connectivity index (χ1v) is 7.07. The van der Waals surface area contributed by atoms with E-state index in [1.54, 1.807) is 42.3 Å². The van der Waals surface area contributed by atoms with E-state index in [1.165, 1.54) is 6.08 Å². The predicted molar refractivity (Wildman–Crippen MR) is 80.7 cm³/mol. The number of hydrogen-bond donors (Lipinski definition) is 2. The van der Waals surface area contributed by atoms with Gasteiger partial charge in [0.25, 0.3) is 5.91 Å². The molecule has 0 heterocycles. The molecule has 5 nitrogen and oxygen atoms in total. The molecule has 0 saturated heterocycles. The van der Waals surface area contributed by atoms with E-state index in [-0.39, 0.29) is 24.5 Å². The summed E-state index contributed by atoms with van der Waals surface area (Å²) >= 11 is 0. The van der Waals surface area contributed by atoms with Crippen molar-refractivity contribution in [3.8, 4) is 0 Å². The number of carbonyl (C=O) groups excluding carboxylic acids is 2. The molecule has 1 aromatic carbocycles. The van der Waals surface area contributed by atoms with Crippen LogP contribution in [0.1, 0.15) is 28.8 Å². The monoisotopic (exact) mass is 288 g/mol. The van der Waals surface area contributed by atoms with Crippen LogP contribution in [-0.2, 0) is 4.79 Å². The van der Waals surface area contributed by atoms with Gasteiger partial charge in [0.2, 0.25) is 5.91 Å².